The van der Waals surface area contributed by atoms with Gasteiger partial charge in [0.1, 0.15) is 19.5 Å². The summed E-state index contributed by atoms with van der Waals surface area (Å²) in [6.07, 6.45) is 1.34. The second-order valence-electron chi connectivity index (χ2n) is 5.63. The van der Waals surface area contributed by atoms with E-state index in [2.05, 4.69) is 16.0 Å². The lowest BCUT2D eigenvalue weighted by atomic mass is 10.2. The average molecular weight is 387 g/mol. The molecule has 0 saturated carbocycles. The molecule has 8 heteroatoms. The molecule has 0 aliphatic rings. The van der Waals surface area contributed by atoms with Crippen molar-refractivity contribution in [2.75, 3.05) is 40.6 Å². The third kappa shape index (κ3) is 4.85. The molecule has 1 aromatic heterocycles. The summed E-state index contributed by atoms with van der Waals surface area (Å²) >= 11 is 0. The summed E-state index contributed by atoms with van der Waals surface area (Å²) in [4.78, 5) is 8.38. The number of nitrogens with zero attached hydrogens (tertiary/aromatic N) is 2. The highest BCUT2D eigenvalue weighted by Crippen LogP contribution is 2.36. The molecule has 2 aromatic carbocycles. The van der Waals surface area contributed by atoms with Gasteiger partial charge in [-0.2, -0.15) is 0 Å². The normalized spacial score (nSPS) is 10.8. The molecule has 0 bridgehead atoms. The first-order valence-corrected chi connectivity index (χ1v) is 8.59. The summed E-state index contributed by atoms with van der Waals surface area (Å²) in [7, 11) is 3.18. The maximum Gasteiger partial charge on any atom is 0.230 e. The van der Waals surface area contributed by atoms with Crippen LogP contribution in [0.1, 0.15) is 0 Å². The van der Waals surface area contributed by atoms with Crippen LogP contribution in [0.15, 0.2) is 36.7 Å². The molecule has 1 radical (unpaired) electrons. The van der Waals surface area contributed by atoms with Gasteiger partial charge in [0.25, 0.3) is 0 Å². The van der Waals surface area contributed by atoms with E-state index in [1.807, 2.05) is 0 Å². The SMILES string of the molecule is COCCOc1cc2ncnc(Oc3ccc[c]c3F)c2cc1OCCOC. The Balaban J connectivity index is 1.96. The molecular weight excluding hydrogens is 367 g/mol. The molecule has 147 valence electrons. The lowest BCUT2D eigenvalue weighted by molar-refractivity contribution is 0.132. The topological polar surface area (TPSA) is 71.9 Å². The Hall–Kier alpha value is -2.97. The predicted octanol–water partition coefficient (Wildman–Crippen LogP) is 3.41. The van der Waals surface area contributed by atoms with Gasteiger partial charge in [-0.25, -0.2) is 14.4 Å². The molecule has 0 aliphatic heterocycles. The van der Waals surface area contributed by atoms with E-state index in [1.165, 1.54) is 18.5 Å². The van der Waals surface area contributed by atoms with Crippen molar-refractivity contribution in [2.45, 2.75) is 0 Å². The Bertz CT molecular complexity index is 922. The van der Waals surface area contributed by atoms with Crippen molar-refractivity contribution < 1.29 is 28.1 Å². The van der Waals surface area contributed by atoms with E-state index in [-0.39, 0.29) is 11.6 Å². The minimum atomic E-state index is -0.606. The van der Waals surface area contributed by atoms with E-state index in [0.717, 1.165) is 0 Å². The second-order valence-corrected chi connectivity index (χ2v) is 5.63. The number of hydrogen-bond acceptors (Lipinski definition) is 7. The van der Waals surface area contributed by atoms with Crippen molar-refractivity contribution >= 4 is 10.9 Å². The fraction of sp³-hybridized carbons (Fsp3) is 0.300. The Morgan fingerprint density at radius 3 is 2.32 bits per heavy atom. The van der Waals surface area contributed by atoms with Crippen LogP contribution in [-0.4, -0.2) is 50.6 Å². The van der Waals surface area contributed by atoms with Gasteiger partial charge in [0.05, 0.1) is 24.1 Å². The molecule has 0 unspecified atom stereocenters. The highest BCUT2D eigenvalue weighted by Gasteiger charge is 2.15. The highest BCUT2D eigenvalue weighted by atomic mass is 19.1. The average Bonchev–Trinajstić information content (AvgIpc) is 2.70. The van der Waals surface area contributed by atoms with Crippen molar-refractivity contribution in [1.29, 1.82) is 0 Å². The quantitative estimate of drug-likeness (QED) is 0.494. The van der Waals surface area contributed by atoms with Crippen molar-refractivity contribution in [1.82, 2.24) is 9.97 Å². The van der Waals surface area contributed by atoms with Crippen molar-refractivity contribution in [3.05, 3.63) is 48.5 Å². The maximum absolute atomic E-state index is 13.9. The van der Waals surface area contributed by atoms with Gasteiger partial charge in [0.15, 0.2) is 23.1 Å². The minimum absolute atomic E-state index is 0.0183. The van der Waals surface area contributed by atoms with Crippen molar-refractivity contribution in [3.63, 3.8) is 0 Å². The van der Waals surface area contributed by atoms with Gasteiger partial charge in [-0.1, -0.05) is 12.1 Å². The van der Waals surface area contributed by atoms with Crippen LogP contribution in [0.2, 0.25) is 0 Å². The Morgan fingerprint density at radius 2 is 1.64 bits per heavy atom. The number of halogens is 1. The summed E-state index contributed by atoms with van der Waals surface area (Å²) in [5.41, 5.74) is 0.567. The van der Waals surface area contributed by atoms with Gasteiger partial charge in [-0.3, -0.25) is 0 Å². The first kappa shape index (κ1) is 19.8. The molecule has 1 heterocycles. The maximum atomic E-state index is 13.9. The van der Waals surface area contributed by atoms with Crippen LogP contribution in [0.3, 0.4) is 0 Å². The highest BCUT2D eigenvalue weighted by molar-refractivity contribution is 5.87. The Labute approximate surface area is 162 Å². The van der Waals surface area contributed by atoms with Gasteiger partial charge in [-0.05, 0) is 12.1 Å². The molecule has 0 spiro atoms. The monoisotopic (exact) mass is 387 g/mol. The summed E-state index contributed by atoms with van der Waals surface area (Å²) in [6, 6.07) is 10.5. The Morgan fingerprint density at radius 1 is 0.929 bits per heavy atom. The minimum Gasteiger partial charge on any atom is -0.487 e. The van der Waals surface area contributed by atoms with E-state index in [9.17, 15) is 4.39 Å². The Kier molecular flexibility index (Phi) is 6.94. The number of benzene rings is 2. The molecule has 3 aromatic rings. The summed E-state index contributed by atoms with van der Waals surface area (Å²) in [5, 5.41) is 0.553. The van der Waals surface area contributed by atoms with E-state index in [1.54, 1.807) is 32.4 Å². The third-order valence-corrected chi connectivity index (χ3v) is 3.73. The first-order chi connectivity index (χ1) is 13.7. The van der Waals surface area contributed by atoms with Crippen LogP contribution in [-0.2, 0) is 9.47 Å². The number of hydrogen-bond donors (Lipinski definition) is 0. The van der Waals surface area contributed by atoms with Crippen LogP contribution in [0.25, 0.3) is 10.9 Å². The van der Waals surface area contributed by atoms with E-state index in [4.69, 9.17) is 23.7 Å². The molecular formula is C20H20FN2O5. The molecule has 0 aliphatic carbocycles. The summed E-state index contributed by atoms with van der Waals surface area (Å²) < 4.78 is 41.1. The van der Waals surface area contributed by atoms with Crippen LogP contribution < -0.4 is 14.2 Å². The first-order valence-electron chi connectivity index (χ1n) is 8.59. The van der Waals surface area contributed by atoms with Gasteiger partial charge in [-0.15, -0.1) is 0 Å². The molecule has 0 amide bonds. The fourth-order valence-corrected chi connectivity index (χ4v) is 2.40. The number of methoxy groups -OCH3 is 2. The lowest BCUT2D eigenvalue weighted by Crippen LogP contribution is -2.09. The lowest BCUT2D eigenvalue weighted by Gasteiger charge is -2.15. The molecule has 3 rings (SSSR count). The standard InChI is InChI=1S/C20H20FN2O5/c1-24-7-9-26-18-11-14-16(12-19(18)27-10-8-25-2)22-13-23-20(14)28-17-6-4-3-5-15(17)21/h3-4,6,11-13H,7-10H2,1-2H3. The van der Waals surface area contributed by atoms with E-state index >= 15 is 0 Å². The fourth-order valence-electron chi connectivity index (χ4n) is 2.40. The van der Waals surface area contributed by atoms with E-state index < -0.39 is 5.82 Å². The number of fused-ring (bicyclic) bond motifs is 1. The van der Waals surface area contributed by atoms with Gasteiger partial charge < -0.3 is 23.7 Å². The second kappa shape index (κ2) is 9.82. The van der Waals surface area contributed by atoms with Crippen LogP contribution in [0.4, 0.5) is 4.39 Å². The van der Waals surface area contributed by atoms with E-state index in [0.29, 0.717) is 48.8 Å². The molecule has 0 N–H and O–H groups in total. The zero-order chi connectivity index (χ0) is 19.8. The zero-order valence-corrected chi connectivity index (χ0v) is 15.6. The summed E-state index contributed by atoms with van der Waals surface area (Å²) in [5.74, 6) is 0.587. The summed E-state index contributed by atoms with van der Waals surface area (Å²) in [6.45, 7) is 1.52. The molecule has 0 saturated heterocycles. The van der Waals surface area contributed by atoms with Crippen LogP contribution >= 0.6 is 0 Å². The number of ether oxygens (including phenoxy) is 5. The van der Waals surface area contributed by atoms with Crippen LogP contribution in [0.5, 0.6) is 23.1 Å². The smallest absolute Gasteiger partial charge is 0.230 e. The van der Waals surface area contributed by atoms with Crippen LogP contribution in [0, 0.1) is 11.9 Å². The largest absolute Gasteiger partial charge is 0.487 e. The molecule has 0 fully saturated rings. The molecule has 7 nitrogen and oxygen atoms in total. The molecule has 28 heavy (non-hydrogen) atoms. The van der Waals surface area contributed by atoms with Gasteiger partial charge >= 0.3 is 0 Å². The molecule has 0 atom stereocenters. The zero-order valence-electron chi connectivity index (χ0n) is 15.6. The number of rotatable bonds is 10. The predicted molar refractivity (Wildman–Crippen MR) is 99.6 cm³/mol. The van der Waals surface area contributed by atoms with Crippen molar-refractivity contribution in [3.8, 4) is 23.1 Å². The number of aromatic nitrogens is 2. The van der Waals surface area contributed by atoms with Gasteiger partial charge in [0, 0.05) is 26.4 Å². The third-order valence-electron chi connectivity index (χ3n) is 3.73. The van der Waals surface area contributed by atoms with Gasteiger partial charge in [0.2, 0.25) is 5.88 Å². The van der Waals surface area contributed by atoms with Crippen molar-refractivity contribution in [2.24, 2.45) is 0 Å².